The number of ketones is 1. The van der Waals surface area contributed by atoms with Crippen molar-refractivity contribution in [1.82, 2.24) is 4.98 Å². The predicted molar refractivity (Wildman–Crippen MR) is 141 cm³/mol. The lowest BCUT2D eigenvalue weighted by molar-refractivity contribution is 0.103. The maximum absolute atomic E-state index is 13.3. The fourth-order valence-corrected chi connectivity index (χ4v) is 4.05. The Morgan fingerprint density at radius 2 is 1.65 bits per heavy atom. The predicted octanol–water partition coefficient (Wildman–Crippen LogP) is 7.75. The van der Waals surface area contributed by atoms with Crippen molar-refractivity contribution in [3.63, 3.8) is 0 Å². The molecule has 1 N–H and O–H groups in total. The van der Waals surface area contributed by atoms with Crippen LogP contribution in [0.4, 0.5) is 5.82 Å². The molecule has 4 nitrogen and oxygen atoms in total. The van der Waals surface area contributed by atoms with E-state index in [-0.39, 0.29) is 5.78 Å². The van der Waals surface area contributed by atoms with Crippen molar-refractivity contribution in [3.8, 4) is 5.75 Å². The summed E-state index contributed by atoms with van der Waals surface area (Å²) in [5.41, 5.74) is 3.51. The standard InChI is InChI=1S/C30H38N2O2/c1-3-4-5-6-7-8-9-10-19-31-30-28(18-13-20-32-30)29(33)26-16-12-17-27(22-26)34-23-25-15-11-14-24(2)21-25/h11-18,20-22H,3-10,19,23H2,1-2H3,(H,31,32). The molecule has 4 heteroatoms. The summed E-state index contributed by atoms with van der Waals surface area (Å²) >= 11 is 0. The molecule has 3 aromatic rings. The number of aromatic nitrogens is 1. The van der Waals surface area contributed by atoms with Gasteiger partial charge in [0.1, 0.15) is 18.2 Å². The van der Waals surface area contributed by atoms with Crippen molar-refractivity contribution < 1.29 is 9.53 Å². The number of hydrogen-bond acceptors (Lipinski definition) is 4. The van der Waals surface area contributed by atoms with E-state index in [4.69, 9.17) is 4.74 Å². The Kier molecular flexibility index (Phi) is 10.6. The Labute approximate surface area is 204 Å². The minimum atomic E-state index is -0.0486. The number of anilines is 1. The summed E-state index contributed by atoms with van der Waals surface area (Å²) in [6.45, 7) is 5.61. The van der Waals surface area contributed by atoms with Gasteiger partial charge in [-0.25, -0.2) is 4.98 Å². The van der Waals surface area contributed by atoms with Gasteiger partial charge in [0.25, 0.3) is 0 Å². The molecule has 0 radical (unpaired) electrons. The molecule has 0 spiro atoms. The first kappa shape index (κ1) is 25.5. The molecule has 0 atom stereocenters. The van der Waals surface area contributed by atoms with Crippen molar-refractivity contribution >= 4 is 11.6 Å². The summed E-state index contributed by atoms with van der Waals surface area (Å²) in [6.07, 6.45) is 11.9. The average Bonchev–Trinajstić information content (AvgIpc) is 2.86. The van der Waals surface area contributed by atoms with E-state index in [1.165, 1.54) is 50.5 Å². The molecule has 180 valence electrons. The van der Waals surface area contributed by atoms with Gasteiger partial charge in [-0.2, -0.15) is 0 Å². The van der Waals surface area contributed by atoms with Gasteiger partial charge in [-0.3, -0.25) is 4.79 Å². The Morgan fingerprint density at radius 3 is 2.44 bits per heavy atom. The lowest BCUT2D eigenvalue weighted by Crippen LogP contribution is -2.11. The molecule has 2 aromatic carbocycles. The highest BCUT2D eigenvalue weighted by Gasteiger charge is 2.15. The molecule has 0 aliphatic rings. The number of nitrogens with one attached hydrogen (secondary N) is 1. The fourth-order valence-electron chi connectivity index (χ4n) is 4.05. The topological polar surface area (TPSA) is 51.2 Å². The van der Waals surface area contributed by atoms with Gasteiger partial charge in [0.2, 0.25) is 0 Å². The molecule has 3 rings (SSSR count). The van der Waals surface area contributed by atoms with E-state index < -0.39 is 0 Å². The van der Waals surface area contributed by atoms with Gasteiger partial charge in [0.05, 0.1) is 5.56 Å². The second-order valence-electron chi connectivity index (χ2n) is 8.94. The minimum Gasteiger partial charge on any atom is -0.489 e. The molecule has 0 fully saturated rings. The van der Waals surface area contributed by atoms with Gasteiger partial charge in [0, 0.05) is 18.3 Å². The van der Waals surface area contributed by atoms with Crippen LogP contribution >= 0.6 is 0 Å². The molecule has 0 aliphatic carbocycles. The van der Waals surface area contributed by atoms with Gasteiger partial charge in [0.15, 0.2) is 5.78 Å². The lowest BCUT2D eigenvalue weighted by Gasteiger charge is -2.11. The normalized spacial score (nSPS) is 10.8. The monoisotopic (exact) mass is 458 g/mol. The summed E-state index contributed by atoms with van der Waals surface area (Å²) in [5, 5.41) is 3.38. The Balaban J connectivity index is 1.53. The number of benzene rings is 2. The lowest BCUT2D eigenvalue weighted by atomic mass is 10.0. The molecule has 0 unspecified atom stereocenters. The summed E-state index contributed by atoms with van der Waals surface area (Å²) in [6, 6.07) is 19.3. The van der Waals surface area contributed by atoms with Gasteiger partial charge in [-0.15, -0.1) is 0 Å². The third-order valence-electron chi connectivity index (χ3n) is 5.96. The maximum Gasteiger partial charge on any atom is 0.196 e. The van der Waals surface area contributed by atoms with E-state index >= 15 is 0 Å². The maximum atomic E-state index is 13.3. The van der Waals surface area contributed by atoms with E-state index in [2.05, 4.69) is 36.3 Å². The van der Waals surface area contributed by atoms with Crippen LogP contribution in [0.15, 0.2) is 66.9 Å². The van der Waals surface area contributed by atoms with Crippen LogP contribution in [0, 0.1) is 6.92 Å². The third-order valence-corrected chi connectivity index (χ3v) is 5.96. The van der Waals surface area contributed by atoms with Crippen LogP contribution in [-0.2, 0) is 6.61 Å². The molecule has 0 aliphatic heterocycles. The van der Waals surface area contributed by atoms with Crippen LogP contribution in [0.2, 0.25) is 0 Å². The zero-order valence-corrected chi connectivity index (χ0v) is 20.7. The number of ether oxygens (including phenoxy) is 1. The SMILES string of the molecule is CCCCCCCCCCNc1ncccc1C(=O)c1cccc(OCc2cccc(C)c2)c1. The number of carbonyl (C=O) groups is 1. The van der Waals surface area contributed by atoms with Crippen molar-refractivity contribution in [3.05, 3.63) is 89.1 Å². The second kappa shape index (κ2) is 14.2. The van der Waals surface area contributed by atoms with Gasteiger partial charge < -0.3 is 10.1 Å². The highest BCUT2D eigenvalue weighted by Crippen LogP contribution is 2.21. The molecule has 0 bridgehead atoms. The molecular weight excluding hydrogens is 420 g/mol. The van der Waals surface area contributed by atoms with Crippen molar-refractivity contribution in [1.29, 1.82) is 0 Å². The van der Waals surface area contributed by atoms with Gasteiger partial charge >= 0.3 is 0 Å². The van der Waals surface area contributed by atoms with E-state index in [9.17, 15) is 4.79 Å². The smallest absolute Gasteiger partial charge is 0.196 e. The first-order valence-corrected chi connectivity index (χ1v) is 12.7. The minimum absolute atomic E-state index is 0.0486. The highest BCUT2D eigenvalue weighted by atomic mass is 16.5. The molecule has 0 amide bonds. The summed E-state index contributed by atoms with van der Waals surface area (Å²) in [4.78, 5) is 17.7. The number of carbonyl (C=O) groups excluding carboxylic acids is 1. The molecule has 34 heavy (non-hydrogen) atoms. The molecular formula is C30H38N2O2. The average molecular weight is 459 g/mol. The first-order chi connectivity index (χ1) is 16.7. The third kappa shape index (κ3) is 8.33. The van der Waals surface area contributed by atoms with Crippen LogP contribution < -0.4 is 10.1 Å². The number of nitrogens with zero attached hydrogens (tertiary/aromatic N) is 1. The quantitative estimate of drug-likeness (QED) is 0.187. The number of unbranched alkanes of at least 4 members (excludes halogenated alkanes) is 7. The Hall–Kier alpha value is -3.14. The van der Waals surface area contributed by atoms with Crippen LogP contribution in [0.3, 0.4) is 0 Å². The van der Waals surface area contributed by atoms with Gasteiger partial charge in [-0.05, 0) is 43.2 Å². The van der Waals surface area contributed by atoms with Crippen molar-refractivity contribution in [2.75, 3.05) is 11.9 Å². The molecule has 1 aromatic heterocycles. The number of rotatable bonds is 15. The second-order valence-corrected chi connectivity index (χ2v) is 8.94. The van der Waals surface area contributed by atoms with Crippen LogP contribution in [0.25, 0.3) is 0 Å². The Bertz CT molecular complexity index is 1030. The number of pyridine rings is 1. The van der Waals surface area contributed by atoms with E-state index in [0.29, 0.717) is 29.3 Å². The van der Waals surface area contributed by atoms with Crippen LogP contribution in [0.5, 0.6) is 5.75 Å². The largest absolute Gasteiger partial charge is 0.489 e. The van der Waals surface area contributed by atoms with E-state index in [1.54, 1.807) is 6.20 Å². The zero-order chi connectivity index (χ0) is 24.0. The first-order valence-electron chi connectivity index (χ1n) is 12.7. The molecule has 0 saturated carbocycles. The van der Waals surface area contributed by atoms with Crippen LogP contribution in [0.1, 0.15) is 85.3 Å². The van der Waals surface area contributed by atoms with E-state index in [0.717, 1.165) is 18.5 Å². The van der Waals surface area contributed by atoms with Crippen LogP contribution in [-0.4, -0.2) is 17.3 Å². The van der Waals surface area contributed by atoms with Gasteiger partial charge in [-0.1, -0.05) is 93.8 Å². The molecule has 1 heterocycles. The fraction of sp³-hybridized carbons (Fsp3) is 0.400. The molecule has 0 saturated heterocycles. The zero-order valence-electron chi connectivity index (χ0n) is 20.7. The number of hydrogen-bond donors (Lipinski definition) is 1. The highest BCUT2D eigenvalue weighted by molar-refractivity contribution is 6.12. The van der Waals surface area contributed by atoms with E-state index in [1.807, 2.05) is 48.5 Å². The Morgan fingerprint density at radius 1 is 0.882 bits per heavy atom. The van der Waals surface area contributed by atoms with Crippen molar-refractivity contribution in [2.24, 2.45) is 0 Å². The van der Waals surface area contributed by atoms with Crippen molar-refractivity contribution in [2.45, 2.75) is 71.8 Å². The summed E-state index contributed by atoms with van der Waals surface area (Å²) in [7, 11) is 0. The summed E-state index contributed by atoms with van der Waals surface area (Å²) < 4.78 is 5.95. The summed E-state index contributed by atoms with van der Waals surface area (Å²) in [5.74, 6) is 1.29. The number of aryl methyl sites for hydroxylation is 1.